The number of H-pyrrole nitrogens is 1. The van der Waals surface area contributed by atoms with Gasteiger partial charge in [-0.05, 0) is 48.9 Å². The van der Waals surface area contributed by atoms with Crippen LogP contribution in [0.2, 0.25) is 0 Å². The number of aromatic nitrogens is 1. The molecule has 3 nitrogen and oxygen atoms in total. The van der Waals surface area contributed by atoms with E-state index >= 15 is 0 Å². The average Bonchev–Trinajstić information content (AvgIpc) is 2.84. The van der Waals surface area contributed by atoms with Crippen molar-refractivity contribution in [1.82, 2.24) is 4.98 Å². The molecule has 3 heteroatoms. The molecule has 1 aliphatic rings. The minimum Gasteiger partial charge on any atom is -0.497 e. The van der Waals surface area contributed by atoms with E-state index in [1.807, 2.05) is 6.07 Å². The molecule has 2 unspecified atom stereocenters. The van der Waals surface area contributed by atoms with Crippen LogP contribution in [0.1, 0.15) is 31.2 Å². The fraction of sp³-hybridized carbons (Fsp3) is 0.500. The third-order valence-electron chi connectivity index (χ3n) is 4.33. The second-order valence-electron chi connectivity index (χ2n) is 5.54. The minimum atomic E-state index is -0.135. The summed E-state index contributed by atoms with van der Waals surface area (Å²) in [5.74, 6) is 1.29. The van der Waals surface area contributed by atoms with Gasteiger partial charge in [0.15, 0.2) is 0 Å². The van der Waals surface area contributed by atoms with E-state index in [1.165, 1.54) is 23.8 Å². The molecule has 0 aliphatic heterocycles. The highest BCUT2D eigenvalue weighted by atomic mass is 16.5. The maximum atomic E-state index is 10.1. The summed E-state index contributed by atoms with van der Waals surface area (Å²) in [5.41, 5.74) is 2.43. The smallest absolute Gasteiger partial charge is 0.119 e. The molecule has 3 rings (SSSR count). The van der Waals surface area contributed by atoms with Crippen LogP contribution in [0.15, 0.2) is 24.4 Å². The van der Waals surface area contributed by atoms with Crippen molar-refractivity contribution in [3.05, 3.63) is 30.0 Å². The zero-order valence-corrected chi connectivity index (χ0v) is 11.4. The van der Waals surface area contributed by atoms with E-state index in [1.54, 1.807) is 7.11 Å². The first-order valence-corrected chi connectivity index (χ1v) is 7.10. The molecule has 0 saturated heterocycles. The van der Waals surface area contributed by atoms with Crippen LogP contribution in [0.4, 0.5) is 0 Å². The Balaban J connectivity index is 1.87. The molecule has 0 amide bonds. The largest absolute Gasteiger partial charge is 0.497 e. The van der Waals surface area contributed by atoms with Crippen molar-refractivity contribution in [2.75, 3.05) is 7.11 Å². The highest BCUT2D eigenvalue weighted by Gasteiger charge is 2.24. The van der Waals surface area contributed by atoms with Crippen LogP contribution < -0.4 is 4.74 Å². The summed E-state index contributed by atoms with van der Waals surface area (Å²) in [6.45, 7) is 0. The Bertz CT molecular complexity index is 561. The topological polar surface area (TPSA) is 45.2 Å². The Morgan fingerprint density at radius 2 is 2.16 bits per heavy atom. The zero-order valence-electron chi connectivity index (χ0n) is 11.4. The lowest BCUT2D eigenvalue weighted by atomic mass is 9.82. The molecule has 1 aromatic heterocycles. The first-order chi connectivity index (χ1) is 9.28. The van der Waals surface area contributed by atoms with Gasteiger partial charge in [-0.2, -0.15) is 0 Å². The van der Waals surface area contributed by atoms with E-state index in [2.05, 4.69) is 23.3 Å². The van der Waals surface area contributed by atoms with Crippen molar-refractivity contribution < 1.29 is 9.84 Å². The summed E-state index contributed by atoms with van der Waals surface area (Å²) in [5, 5.41) is 11.3. The van der Waals surface area contributed by atoms with Gasteiger partial charge in [-0.25, -0.2) is 0 Å². The predicted octanol–water partition coefficient (Wildman–Crippen LogP) is 3.27. The summed E-state index contributed by atoms with van der Waals surface area (Å²) in [4.78, 5) is 3.31. The Labute approximate surface area is 113 Å². The first-order valence-electron chi connectivity index (χ1n) is 7.10. The standard InChI is InChI=1S/C16H21NO2/c1-19-13-6-7-15-14(9-13)12(10-17-15)8-11-4-2-3-5-16(11)18/h6-7,9-11,16-18H,2-5,8H2,1H3. The van der Waals surface area contributed by atoms with Crippen LogP contribution in [0, 0.1) is 5.92 Å². The number of ether oxygens (including phenoxy) is 1. The molecule has 1 fully saturated rings. The van der Waals surface area contributed by atoms with E-state index in [4.69, 9.17) is 4.74 Å². The van der Waals surface area contributed by atoms with E-state index < -0.39 is 0 Å². The van der Waals surface area contributed by atoms with Crippen molar-refractivity contribution >= 4 is 10.9 Å². The van der Waals surface area contributed by atoms with Gasteiger partial charge in [-0.3, -0.25) is 0 Å². The maximum absolute atomic E-state index is 10.1. The molecule has 1 aliphatic carbocycles. The number of nitrogens with one attached hydrogen (secondary N) is 1. The highest BCUT2D eigenvalue weighted by molar-refractivity contribution is 5.84. The number of rotatable bonds is 3. The van der Waals surface area contributed by atoms with Gasteiger partial charge in [0.05, 0.1) is 13.2 Å². The molecular formula is C16H21NO2. The lowest BCUT2D eigenvalue weighted by Gasteiger charge is -2.27. The minimum absolute atomic E-state index is 0.135. The van der Waals surface area contributed by atoms with Gasteiger partial charge in [-0.15, -0.1) is 0 Å². The summed E-state index contributed by atoms with van der Waals surface area (Å²) >= 11 is 0. The molecule has 0 radical (unpaired) electrons. The van der Waals surface area contributed by atoms with Crippen LogP contribution in [0.5, 0.6) is 5.75 Å². The molecule has 0 spiro atoms. The lowest BCUT2D eigenvalue weighted by molar-refractivity contribution is 0.0702. The number of fused-ring (bicyclic) bond motifs is 1. The molecule has 1 heterocycles. The third kappa shape index (κ3) is 2.47. The van der Waals surface area contributed by atoms with Crippen LogP contribution in [-0.2, 0) is 6.42 Å². The Hall–Kier alpha value is -1.48. The Morgan fingerprint density at radius 1 is 1.32 bits per heavy atom. The number of benzene rings is 1. The van der Waals surface area contributed by atoms with Crippen molar-refractivity contribution in [2.45, 2.75) is 38.2 Å². The van der Waals surface area contributed by atoms with Crippen molar-refractivity contribution in [3.63, 3.8) is 0 Å². The van der Waals surface area contributed by atoms with E-state index in [0.29, 0.717) is 5.92 Å². The van der Waals surface area contributed by atoms with Gasteiger partial charge >= 0.3 is 0 Å². The molecule has 2 aromatic rings. The number of methoxy groups -OCH3 is 1. The molecule has 1 aromatic carbocycles. The molecule has 0 bridgehead atoms. The number of hydrogen-bond donors (Lipinski definition) is 2. The molecule has 2 N–H and O–H groups in total. The quantitative estimate of drug-likeness (QED) is 0.888. The second-order valence-corrected chi connectivity index (χ2v) is 5.54. The maximum Gasteiger partial charge on any atom is 0.119 e. The van der Waals surface area contributed by atoms with Crippen LogP contribution in [0.25, 0.3) is 10.9 Å². The summed E-state index contributed by atoms with van der Waals surface area (Å²) in [7, 11) is 1.69. The highest BCUT2D eigenvalue weighted by Crippen LogP contribution is 2.31. The third-order valence-corrected chi connectivity index (χ3v) is 4.33. The summed E-state index contributed by atoms with van der Waals surface area (Å²) in [6.07, 6.45) is 7.39. The molecular weight excluding hydrogens is 238 g/mol. The number of hydrogen-bond acceptors (Lipinski definition) is 2. The lowest BCUT2D eigenvalue weighted by Crippen LogP contribution is -2.26. The van der Waals surface area contributed by atoms with Gasteiger partial charge in [0, 0.05) is 17.1 Å². The fourth-order valence-corrected chi connectivity index (χ4v) is 3.16. The van der Waals surface area contributed by atoms with E-state index in [-0.39, 0.29) is 6.10 Å². The molecule has 1 saturated carbocycles. The van der Waals surface area contributed by atoms with Gasteiger partial charge in [0.25, 0.3) is 0 Å². The number of aromatic amines is 1. The van der Waals surface area contributed by atoms with Crippen molar-refractivity contribution in [3.8, 4) is 5.75 Å². The molecule has 102 valence electrons. The monoisotopic (exact) mass is 259 g/mol. The van der Waals surface area contributed by atoms with E-state index in [9.17, 15) is 5.11 Å². The van der Waals surface area contributed by atoms with E-state index in [0.717, 1.165) is 30.5 Å². The Morgan fingerprint density at radius 3 is 2.95 bits per heavy atom. The molecule has 19 heavy (non-hydrogen) atoms. The SMILES string of the molecule is COc1ccc2[nH]cc(CC3CCCCC3O)c2c1. The van der Waals surface area contributed by atoms with Crippen molar-refractivity contribution in [1.29, 1.82) is 0 Å². The first kappa shape index (κ1) is 12.5. The van der Waals surface area contributed by atoms with Gasteiger partial charge in [-0.1, -0.05) is 12.8 Å². The normalized spacial score (nSPS) is 23.7. The number of aliphatic hydroxyl groups is 1. The van der Waals surface area contributed by atoms with Crippen LogP contribution in [0.3, 0.4) is 0 Å². The Kier molecular flexibility index (Phi) is 3.47. The summed E-state index contributed by atoms with van der Waals surface area (Å²) in [6, 6.07) is 6.10. The number of aliphatic hydroxyl groups excluding tert-OH is 1. The predicted molar refractivity (Wildman–Crippen MR) is 76.5 cm³/mol. The van der Waals surface area contributed by atoms with Gasteiger partial charge in [0.1, 0.15) is 5.75 Å². The van der Waals surface area contributed by atoms with Crippen LogP contribution >= 0.6 is 0 Å². The van der Waals surface area contributed by atoms with Crippen molar-refractivity contribution in [2.24, 2.45) is 5.92 Å². The molecule has 2 atom stereocenters. The fourth-order valence-electron chi connectivity index (χ4n) is 3.16. The average molecular weight is 259 g/mol. The second kappa shape index (κ2) is 5.25. The van der Waals surface area contributed by atoms with Crippen LogP contribution in [-0.4, -0.2) is 23.3 Å². The van der Waals surface area contributed by atoms with Gasteiger partial charge in [0.2, 0.25) is 0 Å². The van der Waals surface area contributed by atoms with Gasteiger partial charge < -0.3 is 14.8 Å². The summed E-state index contributed by atoms with van der Waals surface area (Å²) < 4.78 is 5.29. The zero-order chi connectivity index (χ0) is 13.2.